The molecule has 0 bridgehead atoms. The molecule has 1 heterocycles. The lowest BCUT2D eigenvalue weighted by molar-refractivity contribution is -0.249. The van der Waals surface area contributed by atoms with Gasteiger partial charge in [0.15, 0.2) is 0 Å². The van der Waals surface area contributed by atoms with Crippen LogP contribution in [0.25, 0.3) is 10.4 Å². The number of benzene rings is 4. The van der Waals surface area contributed by atoms with Crippen molar-refractivity contribution in [3.63, 3.8) is 0 Å². The van der Waals surface area contributed by atoms with E-state index in [0.29, 0.717) is 0 Å². The Morgan fingerprint density at radius 3 is 1.79 bits per heavy atom. The van der Waals surface area contributed by atoms with Crippen LogP contribution in [-0.4, -0.2) is 52.7 Å². The van der Waals surface area contributed by atoms with Crippen LogP contribution in [0.4, 0.5) is 4.39 Å². The van der Waals surface area contributed by atoms with E-state index in [0.717, 1.165) is 27.2 Å². The van der Waals surface area contributed by atoms with Gasteiger partial charge in [0.2, 0.25) is 6.36 Å². The van der Waals surface area contributed by atoms with Crippen molar-refractivity contribution in [1.82, 2.24) is 0 Å². The first-order valence-corrected chi connectivity index (χ1v) is 17.7. The lowest BCUT2D eigenvalue weighted by atomic mass is 9.97. The van der Waals surface area contributed by atoms with Gasteiger partial charge in [0.25, 0.3) is 8.32 Å². The molecule has 1 saturated heterocycles. The van der Waals surface area contributed by atoms with Gasteiger partial charge in [-0.2, -0.15) is 0 Å². The molecule has 0 radical (unpaired) electrons. The molecule has 4 aromatic rings. The highest BCUT2D eigenvalue weighted by atomic mass is 28.4. The summed E-state index contributed by atoms with van der Waals surface area (Å²) in [5.74, 6) is 0.721. The van der Waals surface area contributed by atoms with Gasteiger partial charge in [-0.05, 0) is 44.2 Å². The molecule has 1 aliphatic heterocycles. The molecular weight excluding hydrogens is 614 g/mol. The summed E-state index contributed by atoms with van der Waals surface area (Å²) in [5.41, 5.74) is 11.2. The summed E-state index contributed by atoms with van der Waals surface area (Å²) in [6.07, 6.45) is -4.60. The predicted molar refractivity (Wildman–Crippen MR) is 183 cm³/mol. The number of alkyl halides is 1. The zero-order valence-corrected chi connectivity index (χ0v) is 28.2. The molecule has 1 aliphatic rings. The van der Waals surface area contributed by atoms with Crippen LogP contribution in [0, 0.1) is 0 Å². The Labute approximate surface area is 277 Å². The van der Waals surface area contributed by atoms with Gasteiger partial charge in [0.1, 0.15) is 30.1 Å². The molecule has 5 atom stereocenters. The molecule has 0 aliphatic carbocycles. The van der Waals surface area contributed by atoms with Crippen molar-refractivity contribution in [3.05, 3.63) is 137 Å². The van der Waals surface area contributed by atoms with Crippen LogP contribution in [0.2, 0.25) is 5.04 Å². The van der Waals surface area contributed by atoms with Crippen LogP contribution >= 0.6 is 0 Å². The largest absolute Gasteiger partial charge is 0.497 e. The molecule has 0 spiro atoms. The van der Waals surface area contributed by atoms with E-state index in [1.165, 1.54) is 0 Å². The van der Waals surface area contributed by atoms with E-state index in [1.54, 1.807) is 7.11 Å². The molecule has 0 saturated carbocycles. The van der Waals surface area contributed by atoms with Gasteiger partial charge >= 0.3 is 0 Å². The Morgan fingerprint density at radius 1 is 0.766 bits per heavy atom. The Kier molecular flexibility index (Phi) is 11.5. The topological polar surface area (TPSA) is 94.9 Å². The number of hydrogen-bond donors (Lipinski definition) is 0. The molecule has 0 aromatic heterocycles. The monoisotopic (exact) mass is 655 g/mol. The average Bonchev–Trinajstić information content (AvgIpc) is 3.09. The second-order valence-electron chi connectivity index (χ2n) is 12.6. The maximum absolute atomic E-state index is 15.9. The lowest BCUT2D eigenvalue weighted by Gasteiger charge is -2.46. The highest BCUT2D eigenvalue weighted by molar-refractivity contribution is 6.99. The third kappa shape index (κ3) is 7.93. The third-order valence-electron chi connectivity index (χ3n) is 8.55. The van der Waals surface area contributed by atoms with Crippen LogP contribution in [-0.2, 0) is 31.9 Å². The van der Waals surface area contributed by atoms with Crippen molar-refractivity contribution in [2.75, 3.05) is 13.7 Å². The first-order valence-electron chi connectivity index (χ1n) is 15.8. The van der Waals surface area contributed by atoms with E-state index in [1.807, 2.05) is 91.0 Å². The normalized spacial score (nSPS) is 21.5. The highest BCUT2D eigenvalue weighted by Gasteiger charge is 2.53. The summed E-state index contributed by atoms with van der Waals surface area (Å²) in [4.78, 5) is 2.94. The molecule has 47 heavy (non-hydrogen) atoms. The Hall–Kier alpha value is -4.02. The van der Waals surface area contributed by atoms with Gasteiger partial charge in [0, 0.05) is 4.91 Å². The Morgan fingerprint density at radius 2 is 1.28 bits per heavy atom. The smallest absolute Gasteiger partial charge is 0.261 e. The molecule has 246 valence electrons. The maximum Gasteiger partial charge on any atom is 0.261 e. The Balaban J connectivity index is 1.52. The van der Waals surface area contributed by atoms with Crippen molar-refractivity contribution in [1.29, 1.82) is 0 Å². The van der Waals surface area contributed by atoms with Gasteiger partial charge in [-0.3, -0.25) is 0 Å². The minimum Gasteiger partial charge on any atom is -0.497 e. The summed E-state index contributed by atoms with van der Waals surface area (Å²) >= 11 is 0. The fourth-order valence-electron chi connectivity index (χ4n) is 6.24. The molecule has 1 fully saturated rings. The quantitative estimate of drug-likeness (QED) is 0.0662. The number of azide groups is 1. The van der Waals surface area contributed by atoms with E-state index >= 15 is 4.39 Å². The molecule has 1 unspecified atom stereocenters. The standard InChI is InChI=1S/C37H42FN3O5Si/c1-37(2,3)47(30-16-10-6-11-17-30,31-18-12-7-13-19-31)45-26-32-34(43-25-28-20-22-29(42-4)23-21-28)35(33(40-41-39)36(38)46-32)44-24-27-14-8-5-9-15-27/h5-23,32-36H,24-26H2,1-4H3/t32-,33-,34-,35-,36?/m1/s1. The summed E-state index contributed by atoms with van der Waals surface area (Å²) in [5, 5.41) is 5.66. The third-order valence-corrected chi connectivity index (χ3v) is 13.6. The summed E-state index contributed by atoms with van der Waals surface area (Å²) < 4.78 is 47.3. The zero-order chi connectivity index (χ0) is 33.3. The van der Waals surface area contributed by atoms with Crippen LogP contribution in [0.15, 0.2) is 120 Å². The van der Waals surface area contributed by atoms with Crippen molar-refractivity contribution < 1.29 is 27.8 Å². The minimum absolute atomic E-state index is 0.0230. The first kappa shape index (κ1) is 34.3. The molecular formula is C37H42FN3O5Si. The molecule has 8 nitrogen and oxygen atoms in total. The first-order chi connectivity index (χ1) is 22.8. The number of hydrogen-bond acceptors (Lipinski definition) is 6. The molecule has 4 aromatic carbocycles. The van der Waals surface area contributed by atoms with E-state index in [4.69, 9.17) is 23.4 Å². The highest BCUT2D eigenvalue weighted by Crippen LogP contribution is 2.38. The number of rotatable bonds is 13. The molecule has 5 rings (SSSR count). The van der Waals surface area contributed by atoms with Gasteiger partial charge in [-0.1, -0.05) is 129 Å². The van der Waals surface area contributed by atoms with Crippen molar-refractivity contribution >= 4 is 18.7 Å². The number of nitrogens with zero attached hydrogens (tertiary/aromatic N) is 3. The van der Waals surface area contributed by atoms with Crippen molar-refractivity contribution in [2.45, 2.75) is 69.7 Å². The summed E-state index contributed by atoms with van der Waals surface area (Å²) in [6.45, 7) is 6.91. The van der Waals surface area contributed by atoms with Crippen LogP contribution < -0.4 is 15.1 Å². The lowest BCUT2D eigenvalue weighted by Crippen LogP contribution is -2.68. The molecule has 0 amide bonds. The fourth-order valence-corrected chi connectivity index (χ4v) is 10.8. The number of ether oxygens (including phenoxy) is 4. The van der Waals surface area contributed by atoms with E-state index in [2.05, 4.69) is 55.1 Å². The predicted octanol–water partition coefficient (Wildman–Crippen LogP) is 7.12. The molecule has 10 heteroatoms. The van der Waals surface area contributed by atoms with Crippen LogP contribution in [0.3, 0.4) is 0 Å². The van der Waals surface area contributed by atoms with Crippen LogP contribution in [0.1, 0.15) is 31.9 Å². The van der Waals surface area contributed by atoms with E-state index in [9.17, 15) is 5.53 Å². The zero-order valence-electron chi connectivity index (χ0n) is 27.2. The van der Waals surface area contributed by atoms with Crippen molar-refractivity contribution in [3.8, 4) is 5.75 Å². The van der Waals surface area contributed by atoms with Gasteiger partial charge in [0.05, 0.1) is 26.9 Å². The molecule has 0 N–H and O–H groups in total. The maximum atomic E-state index is 15.9. The number of methoxy groups -OCH3 is 1. The Bertz CT molecular complexity index is 1550. The van der Waals surface area contributed by atoms with E-state index in [-0.39, 0.29) is 24.9 Å². The van der Waals surface area contributed by atoms with E-state index < -0.39 is 39.0 Å². The second kappa shape index (κ2) is 15.7. The SMILES string of the molecule is COc1ccc(CO[C@H]2[C@H](OCc3ccccc3)[C@@H](N=[N+]=[N-])C(F)O[C@@H]2CO[Si](c2ccccc2)(c2ccccc2)C(C)(C)C)cc1. The minimum atomic E-state index is -3.00. The van der Waals surface area contributed by atoms with Gasteiger partial charge < -0.3 is 23.4 Å². The van der Waals surface area contributed by atoms with Gasteiger partial charge in [-0.25, -0.2) is 4.39 Å². The fraction of sp³-hybridized carbons (Fsp3) is 0.351. The summed E-state index contributed by atoms with van der Waals surface area (Å²) in [7, 11) is -1.39. The van der Waals surface area contributed by atoms with Crippen molar-refractivity contribution in [2.24, 2.45) is 5.11 Å². The van der Waals surface area contributed by atoms with Gasteiger partial charge in [-0.15, -0.1) is 0 Å². The van der Waals surface area contributed by atoms with Crippen LogP contribution in [0.5, 0.6) is 5.75 Å². The second-order valence-corrected chi connectivity index (χ2v) is 16.9. The average molecular weight is 656 g/mol. The summed E-state index contributed by atoms with van der Waals surface area (Å²) in [6, 6.07) is 36.3. The number of halogens is 1.